The number of carbonyl (C=O) groups is 2. The number of hydrogen-bond acceptors (Lipinski definition) is 9. The number of hydrogen-bond donors (Lipinski definition) is 2. The van der Waals surface area contributed by atoms with Crippen LogP contribution >= 0.6 is 0 Å². The lowest BCUT2D eigenvalue weighted by Crippen LogP contribution is -2.27. The van der Waals surface area contributed by atoms with Crippen molar-refractivity contribution >= 4 is 23.6 Å². The molecule has 2 N–H and O–H groups in total. The number of nitro benzene ring substituents is 1. The van der Waals surface area contributed by atoms with Gasteiger partial charge < -0.3 is 19.3 Å². The summed E-state index contributed by atoms with van der Waals surface area (Å²) < 4.78 is 15.8. The molecule has 0 bridgehead atoms. The average Bonchev–Trinajstić information content (AvgIpc) is 2.67. The van der Waals surface area contributed by atoms with Crippen molar-refractivity contribution in [3.05, 3.63) is 50.6 Å². The Morgan fingerprint density at radius 3 is 2.48 bits per heavy atom. The van der Waals surface area contributed by atoms with Gasteiger partial charge in [-0.1, -0.05) is 0 Å². The lowest BCUT2D eigenvalue weighted by molar-refractivity contribution is -0.385. The van der Waals surface area contributed by atoms with Crippen LogP contribution in [0.3, 0.4) is 0 Å². The quantitative estimate of drug-likeness (QED) is 0.474. The van der Waals surface area contributed by atoms with Gasteiger partial charge >= 0.3 is 17.8 Å². The molecule has 13 nitrogen and oxygen atoms in total. The summed E-state index contributed by atoms with van der Waals surface area (Å²) in [6, 6.07) is 3.64. The van der Waals surface area contributed by atoms with Crippen LogP contribution in [0, 0.1) is 10.1 Å². The highest BCUT2D eigenvalue weighted by atomic mass is 16.6. The van der Waals surface area contributed by atoms with E-state index in [0.29, 0.717) is 0 Å². The van der Waals surface area contributed by atoms with Crippen LogP contribution in [0.4, 0.5) is 16.3 Å². The third-order valence-electron chi connectivity index (χ3n) is 3.55. The van der Waals surface area contributed by atoms with E-state index in [1.165, 1.54) is 26.4 Å². The third kappa shape index (κ3) is 5.41. The first-order chi connectivity index (χ1) is 13.7. The smallest absolute Gasteiger partial charge is 0.413 e. The minimum Gasteiger partial charge on any atom is -0.493 e. The molecule has 1 heterocycles. The van der Waals surface area contributed by atoms with Gasteiger partial charge in [0, 0.05) is 6.20 Å². The Bertz CT molecular complexity index is 1000. The summed E-state index contributed by atoms with van der Waals surface area (Å²) in [5, 5.41) is 22.1. The Labute approximate surface area is 162 Å². The van der Waals surface area contributed by atoms with E-state index in [1.807, 2.05) is 0 Å². The molecule has 0 aliphatic rings. The number of amides is 1. The average molecular weight is 408 g/mol. The molecule has 13 heteroatoms. The zero-order valence-electron chi connectivity index (χ0n) is 15.3. The van der Waals surface area contributed by atoms with Crippen LogP contribution in [0.1, 0.15) is 5.56 Å². The minimum atomic E-state index is -1.23. The maximum Gasteiger partial charge on any atom is 0.413 e. The summed E-state index contributed by atoms with van der Waals surface area (Å²) >= 11 is 0. The number of rotatable bonds is 8. The fourth-order valence-corrected chi connectivity index (χ4v) is 2.24. The summed E-state index contributed by atoms with van der Waals surface area (Å²) in [6.07, 6.45) is 0.107. The normalized spacial score (nSPS) is 10.1. The largest absolute Gasteiger partial charge is 0.493 e. The van der Waals surface area contributed by atoms with Crippen molar-refractivity contribution in [3.63, 3.8) is 0 Å². The Morgan fingerprint density at radius 2 is 1.93 bits per heavy atom. The summed E-state index contributed by atoms with van der Waals surface area (Å²) in [5.41, 5.74) is -1.18. The molecule has 0 atom stereocenters. The molecule has 2 aromatic rings. The van der Waals surface area contributed by atoms with E-state index in [2.05, 4.69) is 10.3 Å². The number of carbonyl (C=O) groups excluding carboxylic acids is 1. The molecule has 0 radical (unpaired) electrons. The van der Waals surface area contributed by atoms with E-state index < -0.39 is 35.8 Å². The van der Waals surface area contributed by atoms with Crippen LogP contribution in [0.2, 0.25) is 0 Å². The van der Waals surface area contributed by atoms with E-state index >= 15 is 0 Å². The Kier molecular flexibility index (Phi) is 6.68. The molecule has 0 saturated heterocycles. The number of nitro groups is 1. The van der Waals surface area contributed by atoms with Gasteiger partial charge in [-0.25, -0.2) is 9.59 Å². The molecule has 0 aliphatic heterocycles. The third-order valence-corrected chi connectivity index (χ3v) is 3.55. The highest BCUT2D eigenvalue weighted by Gasteiger charge is 2.21. The van der Waals surface area contributed by atoms with Crippen LogP contribution in [0.5, 0.6) is 11.5 Å². The van der Waals surface area contributed by atoms with Gasteiger partial charge in [0.15, 0.2) is 11.5 Å². The number of benzene rings is 1. The molecule has 154 valence electrons. The first-order valence-corrected chi connectivity index (χ1v) is 7.87. The molecule has 29 heavy (non-hydrogen) atoms. The first-order valence-electron chi connectivity index (χ1n) is 7.87. The van der Waals surface area contributed by atoms with E-state index in [9.17, 15) is 24.5 Å². The fourth-order valence-electron chi connectivity index (χ4n) is 2.24. The van der Waals surface area contributed by atoms with E-state index in [-0.39, 0.29) is 28.6 Å². The molecular weight excluding hydrogens is 392 g/mol. The van der Waals surface area contributed by atoms with E-state index in [0.717, 1.165) is 16.8 Å². The number of nitrogens with one attached hydrogen (secondary N) is 1. The molecule has 0 aliphatic carbocycles. The molecule has 1 aromatic carbocycles. The highest BCUT2D eigenvalue weighted by Crippen LogP contribution is 2.34. The number of aliphatic carboxylic acids is 1. The van der Waals surface area contributed by atoms with Gasteiger partial charge in [0.05, 0.1) is 30.8 Å². The van der Waals surface area contributed by atoms with Crippen molar-refractivity contribution < 1.29 is 33.8 Å². The van der Waals surface area contributed by atoms with Crippen molar-refractivity contribution in [1.82, 2.24) is 9.55 Å². The van der Waals surface area contributed by atoms with Gasteiger partial charge in [0.1, 0.15) is 19.0 Å². The number of methoxy groups -OCH3 is 2. The van der Waals surface area contributed by atoms with Crippen molar-refractivity contribution in [3.8, 4) is 11.5 Å². The van der Waals surface area contributed by atoms with Crippen LogP contribution in [-0.4, -0.2) is 45.9 Å². The van der Waals surface area contributed by atoms with Crippen molar-refractivity contribution in [1.29, 1.82) is 0 Å². The first kappa shape index (κ1) is 21.1. The van der Waals surface area contributed by atoms with Crippen LogP contribution < -0.4 is 20.5 Å². The van der Waals surface area contributed by atoms with Crippen LogP contribution in [0.25, 0.3) is 0 Å². The summed E-state index contributed by atoms with van der Waals surface area (Å²) in [6.45, 7) is -1.06. The van der Waals surface area contributed by atoms with Crippen LogP contribution in [-0.2, 0) is 22.7 Å². The van der Waals surface area contributed by atoms with Gasteiger partial charge in [-0.05, 0) is 12.1 Å². The lowest BCUT2D eigenvalue weighted by Gasteiger charge is -2.11. The van der Waals surface area contributed by atoms with E-state index in [1.54, 1.807) is 0 Å². The molecule has 0 spiro atoms. The molecule has 1 amide bonds. The maximum atomic E-state index is 11.9. The Balaban J connectivity index is 2.11. The minimum absolute atomic E-state index is 0.0487. The number of nitrogens with zero attached hydrogens (tertiary/aromatic N) is 3. The number of ether oxygens (including phenoxy) is 3. The standard InChI is InChI=1S/C16H16N4O9/c1-27-11-5-9(10(20(25)26)6-12(11)28-2)8-29-16(24)18-13-3-4-19(7-14(21)22)15(23)17-13/h3-6H,7-8H2,1-2H3,(H,21,22)(H,17,18,23,24). The number of carboxylic acids is 1. The second kappa shape index (κ2) is 9.16. The molecule has 0 saturated carbocycles. The molecule has 1 aromatic heterocycles. The Hall–Kier alpha value is -4.16. The van der Waals surface area contributed by atoms with Gasteiger partial charge in [0.2, 0.25) is 0 Å². The topological polar surface area (TPSA) is 172 Å². The predicted molar refractivity (Wildman–Crippen MR) is 96.1 cm³/mol. The molecule has 0 fully saturated rings. The van der Waals surface area contributed by atoms with Crippen molar-refractivity contribution in [2.45, 2.75) is 13.2 Å². The lowest BCUT2D eigenvalue weighted by atomic mass is 10.1. The van der Waals surface area contributed by atoms with Crippen LogP contribution in [0.15, 0.2) is 29.2 Å². The number of carboxylic acid groups (broad SMARTS) is 1. The second-order valence-electron chi connectivity index (χ2n) is 5.41. The number of aromatic nitrogens is 2. The summed E-state index contributed by atoms with van der Waals surface area (Å²) in [7, 11) is 2.67. The zero-order valence-corrected chi connectivity index (χ0v) is 15.3. The zero-order chi connectivity index (χ0) is 21.6. The fraction of sp³-hybridized carbons (Fsp3) is 0.250. The van der Waals surface area contributed by atoms with Crippen molar-refractivity contribution in [2.75, 3.05) is 19.5 Å². The second-order valence-corrected chi connectivity index (χ2v) is 5.41. The molecule has 0 unspecified atom stereocenters. The number of anilines is 1. The Morgan fingerprint density at radius 1 is 1.28 bits per heavy atom. The predicted octanol–water partition coefficient (Wildman–Crippen LogP) is 1.00. The molecule has 2 rings (SSSR count). The van der Waals surface area contributed by atoms with Gasteiger partial charge in [-0.3, -0.25) is 24.8 Å². The monoisotopic (exact) mass is 408 g/mol. The molecular formula is C16H16N4O9. The maximum absolute atomic E-state index is 11.9. The van der Waals surface area contributed by atoms with Gasteiger partial charge in [-0.15, -0.1) is 0 Å². The van der Waals surface area contributed by atoms with Gasteiger partial charge in [0.25, 0.3) is 5.69 Å². The SMILES string of the molecule is COc1cc(COC(=O)Nc2ccn(CC(=O)O)c(=O)n2)c([N+](=O)[O-])cc1OC. The van der Waals surface area contributed by atoms with E-state index in [4.69, 9.17) is 19.3 Å². The highest BCUT2D eigenvalue weighted by molar-refractivity contribution is 5.83. The summed E-state index contributed by atoms with van der Waals surface area (Å²) in [4.78, 5) is 48.3. The van der Waals surface area contributed by atoms with Gasteiger partial charge in [-0.2, -0.15) is 4.98 Å². The summed E-state index contributed by atoms with van der Waals surface area (Å²) in [5.74, 6) is -1.06. The van der Waals surface area contributed by atoms with Crippen molar-refractivity contribution in [2.24, 2.45) is 0 Å².